The van der Waals surface area contributed by atoms with Gasteiger partial charge in [-0.05, 0) is 62.9 Å². The summed E-state index contributed by atoms with van der Waals surface area (Å²) in [4.78, 5) is 0.944. The Morgan fingerprint density at radius 1 is 0.969 bits per heavy atom. The summed E-state index contributed by atoms with van der Waals surface area (Å²) in [6.07, 6.45) is 1.09. The molecule has 32 heavy (non-hydrogen) atoms. The molecule has 1 aromatic heterocycles. The molecule has 0 aliphatic carbocycles. The lowest BCUT2D eigenvalue weighted by Gasteiger charge is -2.34. The van der Waals surface area contributed by atoms with E-state index in [9.17, 15) is 15.3 Å². The number of benzene rings is 2. The molecule has 1 atom stereocenters. The molecule has 172 valence electrons. The molecule has 0 spiro atoms. The van der Waals surface area contributed by atoms with Crippen LogP contribution >= 0.6 is 11.8 Å². The zero-order valence-electron chi connectivity index (χ0n) is 19.3. The van der Waals surface area contributed by atoms with E-state index in [1.807, 2.05) is 41.5 Å². The van der Waals surface area contributed by atoms with Crippen LogP contribution in [0.15, 0.2) is 27.5 Å². The Kier molecular flexibility index (Phi) is 6.93. The van der Waals surface area contributed by atoms with Crippen molar-refractivity contribution in [1.82, 2.24) is 10.2 Å². The molecular weight excluding hydrogens is 428 g/mol. The molecule has 0 bridgehead atoms. The third-order valence-corrected chi connectivity index (χ3v) is 7.04. The second-order valence-corrected chi connectivity index (χ2v) is 8.81. The third-order valence-electron chi connectivity index (χ3n) is 5.57. The predicted octanol–water partition coefficient (Wildman–Crippen LogP) is 5.32. The highest BCUT2D eigenvalue weighted by atomic mass is 32.2. The zero-order valence-corrected chi connectivity index (χ0v) is 20.1. The first-order chi connectivity index (χ1) is 15.2. The number of rotatable bonds is 4. The summed E-state index contributed by atoms with van der Waals surface area (Å²) >= 11 is 1.61. The van der Waals surface area contributed by atoms with Gasteiger partial charge in [0.1, 0.15) is 11.5 Å². The van der Waals surface area contributed by atoms with Crippen molar-refractivity contribution in [2.75, 3.05) is 5.75 Å². The maximum absolute atomic E-state index is 10.3. The highest BCUT2D eigenvalue weighted by Crippen LogP contribution is 2.50. The van der Waals surface area contributed by atoms with Gasteiger partial charge in [-0.25, -0.2) is 0 Å². The van der Waals surface area contributed by atoms with Gasteiger partial charge in [0.25, 0.3) is 5.89 Å². The lowest BCUT2D eigenvalue weighted by Crippen LogP contribution is -2.36. The minimum absolute atomic E-state index is 0.145. The van der Waals surface area contributed by atoms with Crippen molar-refractivity contribution in [2.45, 2.75) is 64.9 Å². The van der Waals surface area contributed by atoms with Gasteiger partial charge >= 0.3 is 0 Å². The van der Waals surface area contributed by atoms with Gasteiger partial charge in [0.05, 0.1) is 4.90 Å². The molecule has 4 rings (SSSR count). The summed E-state index contributed by atoms with van der Waals surface area (Å²) in [6.45, 7) is 11.6. The second kappa shape index (κ2) is 9.32. The zero-order chi connectivity index (χ0) is 23.6. The Labute approximate surface area is 192 Å². The van der Waals surface area contributed by atoms with Crippen LogP contribution in [0.3, 0.4) is 0 Å². The fourth-order valence-corrected chi connectivity index (χ4v) is 4.73. The number of phenols is 3. The van der Waals surface area contributed by atoms with Crippen LogP contribution in [0.25, 0.3) is 0 Å². The predicted molar refractivity (Wildman–Crippen MR) is 124 cm³/mol. The molecule has 2 heterocycles. The van der Waals surface area contributed by atoms with E-state index < -0.39 is 5.60 Å². The Hall–Kier alpha value is -2.87. The van der Waals surface area contributed by atoms with E-state index in [2.05, 4.69) is 10.2 Å². The van der Waals surface area contributed by atoms with Crippen LogP contribution in [0, 0.1) is 20.8 Å². The molecule has 8 heteroatoms. The molecule has 0 fully saturated rings. The summed E-state index contributed by atoms with van der Waals surface area (Å²) in [6, 6.07) is 4.72. The van der Waals surface area contributed by atoms with E-state index in [0.717, 1.165) is 32.9 Å². The van der Waals surface area contributed by atoms with Crippen molar-refractivity contribution in [3.8, 4) is 23.0 Å². The number of hydrogen-bond donors (Lipinski definition) is 3. The van der Waals surface area contributed by atoms with Crippen LogP contribution in [0.1, 0.15) is 54.8 Å². The number of hydrogen-bond acceptors (Lipinski definition) is 8. The molecule has 0 amide bonds. The van der Waals surface area contributed by atoms with Gasteiger partial charge < -0.3 is 24.5 Å². The molecule has 0 saturated heterocycles. The minimum Gasteiger partial charge on any atom is -0.507 e. The van der Waals surface area contributed by atoms with Gasteiger partial charge in [0.15, 0.2) is 17.1 Å². The fourth-order valence-electron chi connectivity index (χ4n) is 3.49. The maximum Gasteiger partial charge on any atom is 0.260 e. The van der Waals surface area contributed by atoms with Crippen molar-refractivity contribution >= 4 is 11.8 Å². The first-order valence-corrected chi connectivity index (χ1v) is 11.7. The largest absolute Gasteiger partial charge is 0.507 e. The molecule has 1 aliphatic heterocycles. The fraction of sp³-hybridized carbons (Fsp3) is 0.417. The number of thioether (sulfide) groups is 1. The molecule has 0 radical (unpaired) electrons. The van der Waals surface area contributed by atoms with E-state index in [1.54, 1.807) is 17.8 Å². The highest BCUT2D eigenvalue weighted by Gasteiger charge is 2.41. The summed E-state index contributed by atoms with van der Waals surface area (Å²) < 4.78 is 12.3. The number of nitrogens with zero attached hydrogens (tertiary/aromatic N) is 2. The van der Waals surface area contributed by atoms with Crippen molar-refractivity contribution < 1.29 is 24.5 Å². The van der Waals surface area contributed by atoms with Crippen LogP contribution in [0.4, 0.5) is 0 Å². The molecule has 7 nitrogen and oxygen atoms in total. The Balaban J connectivity index is 0.00000141. The summed E-state index contributed by atoms with van der Waals surface area (Å²) in [7, 11) is 0. The van der Waals surface area contributed by atoms with E-state index >= 15 is 0 Å². The Morgan fingerprint density at radius 3 is 2.38 bits per heavy atom. The van der Waals surface area contributed by atoms with Crippen LogP contribution in [0.5, 0.6) is 23.0 Å². The smallest absolute Gasteiger partial charge is 0.260 e. The molecule has 0 saturated carbocycles. The van der Waals surface area contributed by atoms with Gasteiger partial charge in [-0.3, -0.25) is 0 Å². The summed E-state index contributed by atoms with van der Waals surface area (Å²) in [5.74, 6) is 2.24. The number of fused-ring (bicyclic) bond motifs is 1. The van der Waals surface area contributed by atoms with Gasteiger partial charge in [-0.1, -0.05) is 19.9 Å². The van der Waals surface area contributed by atoms with E-state index in [4.69, 9.17) is 9.15 Å². The third kappa shape index (κ3) is 4.37. The van der Waals surface area contributed by atoms with Gasteiger partial charge in [0, 0.05) is 17.7 Å². The van der Waals surface area contributed by atoms with Crippen molar-refractivity contribution in [2.24, 2.45) is 0 Å². The average Bonchev–Trinajstić information content (AvgIpc) is 3.28. The maximum atomic E-state index is 10.3. The normalized spacial score (nSPS) is 17.2. The van der Waals surface area contributed by atoms with E-state index in [1.165, 1.54) is 12.1 Å². The quantitative estimate of drug-likeness (QED) is 0.451. The molecular formula is C24H30N2O5S. The number of phenolic OH excluding ortho intramolecular Hbond substituents is 3. The van der Waals surface area contributed by atoms with Crippen molar-refractivity contribution in [1.29, 1.82) is 0 Å². The molecule has 3 N–H and O–H groups in total. The van der Waals surface area contributed by atoms with E-state index in [-0.39, 0.29) is 11.5 Å². The number of ether oxygens (including phenoxy) is 1. The highest BCUT2D eigenvalue weighted by molar-refractivity contribution is 7.99. The first-order valence-electron chi connectivity index (χ1n) is 10.7. The summed E-state index contributed by atoms with van der Waals surface area (Å²) in [5.41, 5.74) is 2.61. The number of aryl methyl sites for hydroxylation is 2. The molecule has 2 aromatic carbocycles. The average molecular weight is 459 g/mol. The Morgan fingerprint density at radius 2 is 1.69 bits per heavy atom. The summed E-state index contributed by atoms with van der Waals surface area (Å²) in [5, 5.41) is 37.8. The van der Waals surface area contributed by atoms with Crippen LogP contribution < -0.4 is 4.74 Å². The SMILES string of the molecule is CC.Cc1c(C)c2c(c(C)c1O)SCC(C)(c1nnc(CCc3ccc(O)c(O)c3)o1)O2. The second-order valence-electron chi connectivity index (χ2n) is 7.83. The standard InChI is InChI=1S/C22H24N2O5S.C2H6/c1-11-12(2)19-20(13(3)18(11)27)30-10-22(4,29-19)21-24-23-17(28-21)8-6-14-5-7-15(25)16(26)9-14;1-2/h5,7,9,25-27H,6,8,10H2,1-4H3;1-2H3. The van der Waals surface area contributed by atoms with Crippen LogP contribution in [-0.4, -0.2) is 31.3 Å². The first kappa shape index (κ1) is 23.8. The van der Waals surface area contributed by atoms with Crippen LogP contribution in [-0.2, 0) is 18.4 Å². The van der Waals surface area contributed by atoms with Gasteiger partial charge in [0.2, 0.25) is 5.89 Å². The number of aromatic hydroxyl groups is 3. The monoisotopic (exact) mass is 458 g/mol. The Bertz CT molecular complexity index is 1130. The van der Waals surface area contributed by atoms with E-state index in [0.29, 0.717) is 36.1 Å². The van der Waals surface area contributed by atoms with Crippen molar-refractivity contribution in [3.05, 3.63) is 52.2 Å². The lowest BCUT2D eigenvalue weighted by molar-refractivity contribution is 0.0713. The topological polar surface area (TPSA) is 109 Å². The number of aromatic nitrogens is 2. The lowest BCUT2D eigenvalue weighted by atomic mass is 10.0. The minimum atomic E-state index is -0.777. The van der Waals surface area contributed by atoms with Gasteiger partial charge in [-0.15, -0.1) is 22.0 Å². The van der Waals surface area contributed by atoms with Crippen molar-refractivity contribution in [3.63, 3.8) is 0 Å². The molecule has 1 aliphatic rings. The molecule has 1 unspecified atom stereocenters. The van der Waals surface area contributed by atoms with Gasteiger partial charge in [-0.2, -0.15) is 0 Å². The molecule has 3 aromatic rings. The van der Waals surface area contributed by atoms with Crippen LogP contribution in [0.2, 0.25) is 0 Å².